The predicted octanol–water partition coefficient (Wildman–Crippen LogP) is -0.955. The minimum atomic E-state index is -0.669. The zero-order valence-corrected chi connectivity index (χ0v) is 15.3. The highest BCUT2D eigenvalue weighted by atomic mass is 16.7. The smallest absolute Gasteiger partial charge is 0.186 e. The summed E-state index contributed by atoms with van der Waals surface area (Å²) in [6.07, 6.45) is -0.144. The van der Waals surface area contributed by atoms with Crippen molar-refractivity contribution in [3.05, 3.63) is 0 Å². The molecule has 4 N–H and O–H groups in total. The average molecular weight is 382 g/mol. The van der Waals surface area contributed by atoms with E-state index in [2.05, 4.69) is 0 Å². The van der Waals surface area contributed by atoms with Gasteiger partial charge in [0.25, 0.3) is 0 Å². The van der Waals surface area contributed by atoms with Gasteiger partial charge in [-0.2, -0.15) is 0 Å². The molecule has 1 aliphatic heterocycles. The van der Waals surface area contributed by atoms with Gasteiger partial charge in [-0.05, 0) is 25.7 Å². The second kappa shape index (κ2) is 15.7. The van der Waals surface area contributed by atoms with Crippen LogP contribution in [-0.4, -0.2) is 104 Å². The first-order chi connectivity index (χ1) is 12.8. The molecule has 1 heterocycles. The number of hydrogen-bond donors (Lipinski definition) is 4. The third-order valence-corrected chi connectivity index (χ3v) is 3.83. The van der Waals surface area contributed by atoms with Gasteiger partial charge in [0.2, 0.25) is 0 Å². The molecule has 9 nitrogen and oxygen atoms in total. The topological polar surface area (TPSA) is 127 Å². The van der Waals surface area contributed by atoms with Gasteiger partial charge in [0.1, 0.15) is 18.3 Å². The van der Waals surface area contributed by atoms with E-state index in [0.29, 0.717) is 52.1 Å². The first-order valence-electron chi connectivity index (χ1n) is 9.30. The molecular formula is C17H34O9. The number of aliphatic hydroxyl groups is 4. The van der Waals surface area contributed by atoms with Gasteiger partial charge in [-0.15, -0.1) is 0 Å². The monoisotopic (exact) mass is 382 g/mol. The van der Waals surface area contributed by atoms with Crippen LogP contribution in [0.4, 0.5) is 0 Å². The fourth-order valence-corrected chi connectivity index (χ4v) is 2.54. The Bertz CT molecular complexity index is 289. The van der Waals surface area contributed by atoms with Gasteiger partial charge >= 0.3 is 0 Å². The minimum absolute atomic E-state index is 0.01000. The molecule has 0 aliphatic carbocycles. The van der Waals surface area contributed by atoms with Crippen LogP contribution >= 0.6 is 0 Å². The molecule has 1 rings (SSSR count). The van der Waals surface area contributed by atoms with Gasteiger partial charge in [-0.3, -0.25) is 0 Å². The molecule has 4 atom stereocenters. The normalized spacial score (nSPS) is 26.3. The highest BCUT2D eigenvalue weighted by Crippen LogP contribution is 2.25. The molecule has 0 saturated carbocycles. The van der Waals surface area contributed by atoms with Crippen molar-refractivity contribution >= 4 is 0 Å². The van der Waals surface area contributed by atoms with E-state index in [1.807, 2.05) is 0 Å². The molecule has 1 saturated heterocycles. The van der Waals surface area contributed by atoms with Crippen molar-refractivity contribution in [1.29, 1.82) is 0 Å². The summed E-state index contributed by atoms with van der Waals surface area (Å²) in [5.41, 5.74) is 0. The van der Waals surface area contributed by atoms with E-state index in [1.54, 1.807) is 0 Å². The first kappa shape index (κ1) is 23.7. The molecule has 0 radical (unpaired) electrons. The lowest BCUT2D eigenvalue weighted by atomic mass is 10.0. The lowest BCUT2D eigenvalue weighted by Crippen LogP contribution is -2.57. The largest absolute Gasteiger partial charge is 0.396 e. The van der Waals surface area contributed by atoms with E-state index in [4.69, 9.17) is 44.1 Å². The molecule has 0 spiro atoms. The lowest BCUT2D eigenvalue weighted by Gasteiger charge is -2.41. The van der Waals surface area contributed by atoms with Crippen LogP contribution in [0.15, 0.2) is 0 Å². The van der Waals surface area contributed by atoms with Gasteiger partial charge in [0.05, 0.1) is 13.2 Å². The molecule has 9 heteroatoms. The molecule has 0 aromatic rings. The van der Waals surface area contributed by atoms with Crippen LogP contribution in [0.5, 0.6) is 0 Å². The maximum atomic E-state index is 9.00. The number of ether oxygens (including phenoxy) is 5. The second-order valence-corrected chi connectivity index (χ2v) is 5.96. The van der Waals surface area contributed by atoms with Crippen molar-refractivity contribution in [2.75, 3.05) is 59.5 Å². The predicted molar refractivity (Wildman–Crippen MR) is 91.7 cm³/mol. The van der Waals surface area contributed by atoms with Gasteiger partial charge in [0, 0.05) is 46.2 Å². The van der Waals surface area contributed by atoms with Gasteiger partial charge in [-0.1, -0.05) is 0 Å². The Morgan fingerprint density at radius 2 is 1.08 bits per heavy atom. The first-order valence-corrected chi connectivity index (χ1v) is 9.30. The Balaban J connectivity index is 2.74. The van der Waals surface area contributed by atoms with E-state index in [0.717, 1.165) is 0 Å². The summed E-state index contributed by atoms with van der Waals surface area (Å²) >= 11 is 0. The Labute approximate surface area is 154 Å². The third-order valence-electron chi connectivity index (χ3n) is 3.83. The van der Waals surface area contributed by atoms with Crippen LogP contribution < -0.4 is 0 Å². The molecule has 0 aromatic heterocycles. The fraction of sp³-hybridized carbons (Fsp3) is 1.00. The number of aliphatic hydroxyl groups excluding tert-OH is 4. The maximum absolute atomic E-state index is 9.00. The SMILES string of the molecule is OCCCOC1OC[C@@H](OCCCO)[C@H](OCCCO)[C@H]1OCCCO. The summed E-state index contributed by atoms with van der Waals surface area (Å²) in [5.74, 6) is 0. The van der Waals surface area contributed by atoms with Crippen LogP contribution in [0.1, 0.15) is 25.7 Å². The van der Waals surface area contributed by atoms with Crippen molar-refractivity contribution in [3.63, 3.8) is 0 Å². The Hall–Kier alpha value is -0.360. The summed E-state index contributed by atoms with van der Waals surface area (Å²) in [4.78, 5) is 0. The zero-order chi connectivity index (χ0) is 19.0. The fourth-order valence-electron chi connectivity index (χ4n) is 2.54. The van der Waals surface area contributed by atoms with E-state index in [1.165, 1.54) is 0 Å². The molecule has 26 heavy (non-hydrogen) atoms. The molecule has 0 aromatic carbocycles. The zero-order valence-electron chi connectivity index (χ0n) is 15.3. The molecule has 0 bridgehead atoms. The van der Waals surface area contributed by atoms with Gasteiger partial charge in [0.15, 0.2) is 6.29 Å². The summed E-state index contributed by atoms with van der Waals surface area (Å²) in [5, 5.41) is 35.8. The molecule has 1 fully saturated rings. The van der Waals surface area contributed by atoms with Crippen LogP contribution in [0.3, 0.4) is 0 Å². The summed E-state index contributed by atoms with van der Waals surface area (Å²) in [7, 11) is 0. The van der Waals surface area contributed by atoms with E-state index in [-0.39, 0.29) is 33.0 Å². The summed E-state index contributed by atoms with van der Waals surface area (Å²) in [6, 6.07) is 0. The Kier molecular flexibility index (Phi) is 14.3. The second-order valence-electron chi connectivity index (χ2n) is 5.96. The summed E-state index contributed by atoms with van der Waals surface area (Å²) < 4.78 is 29.0. The molecule has 1 unspecified atom stereocenters. The quantitative estimate of drug-likeness (QED) is 0.250. The highest BCUT2D eigenvalue weighted by molar-refractivity contribution is 4.87. The van der Waals surface area contributed by atoms with Crippen LogP contribution in [-0.2, 0) is 23.7 Å². The van der Waals surface area contributed by atoms with E-state index < -0.39 is 24.6 Å². The van der Waals surface area contributed by atoms with Crippen molar-refractivity contribution < 1.29 is 44.1 Å². The summed E-state index contributed by atoms with van der Waals surface area (Å²) in [6.45, 7) is 1.67. The van der Waals surface area contributed by atoms with Crippen molar-refractivity contribution in [2.24, 2.45) is 0 Å². The van der Waals surface area contributed by atoms with Crippen LogP contribution in [0.25, 0.3) is 0 Å². The molecule has 1 aliphatic rings. The average Bonchev–Trinajstić information content (AvgIpc) is 2.65. The molecule has 0 amide bonds. The van der Waals surface area contributed by atoms with Crippen molar-refractivity contribution in [3.8, 4) is 0 Å². The van der Waals surface area contributed by atoms with Crippen LogP contribution in [0, 0.1) is 0 Å². The highest BCUT2D eigenvalue weighted by Gasteiger charge is 2.43. The van der Waals surface area contributed by atoms with E-state index >= 15 is 0 Å². The maximum Gasteiger partial charge on any atom is 0.186 e. The number of hydrogen-bond acceptors (Lipinski definition) is 9. The number of rotatable bonds is 16. The molecule has 156 valence electrons. The van der Waals surface area contributed by atoms with Crippen molar-refractivity contribution in [2.45, 2.75) is 50.3 Å². The van der Waals surface area contributed by atoms with Gasteiger partial charge in [-0.25, -0.2) is 0 Å². The Morgan fingerprint density at radius 3 is 1.62 bits per heavy atom. The standard InChI is InChI=1S/C17H34O9/c18-5-1-9-22-14-13-26-17(25-12-4-8-21)16(24-11-3-7-20)15(14)23-10-2-6-19/h14-21H,1-13H2/t14-,15+,16-,17?/m1/s1. The lowest BCUT2D eigenvalue weighted by molar-refractivity contribution is -0.295. The third kappa shape index (κ3) is 9.03. The minimum Gasteiger partial charge on any atom is -0.396 e. The van der Waals surface area contributed by atoms with Crippen LogP contribution in [0.2, 0.25) is 0 Å². The van der Waals surface area contributed by atoms with E-state index in [9.17, 15) is 0 Å². The Morgan fingerprint density at radius 1 is 0.615 bits per heavy atom. The van der Waals surface area contributed by atoms with Gasteiger partial charge < -0.3 is 44.1 Å². The van der Waals surface area contributed by atoms with Crippen molar-refractivity contribution in [1.82, 2.24) is 0 Å². The molecular weight excluding hydrogens is 348 g/mol.